The van der Waals surface area contributed by atoms with Gasteiger partial charge in [0.05, 0.1) is 10.2 Å². The Morgan fingerprint density at radius 3 is 2.92 bits per heavy atom. The third-order valence-corrected chi connectivity index (χ3v) is 5.79. The fourth-order valence-electron chi connectivity index (χ4n) is 3.51. The average molecular weight is 371 g/mol. The number of likely N-dealkylation sites (tertiary alicyclic amines) is 1. The molecule has 1 N–H and O–H groups in total. The van der Waals surface area contributed by atoms with Crippen LogP contribution in [0, 0.1) is 5.82 Å². The number of amides is 2. The minimum atomic E-state index is -0.445. The summed E-state index contributed by atoms with van der Waals surface area (Å²) < 4.78 is 14.3. The normalized spacial score (nSPS) is 17.6. The maximum Gasteiger partial charge on any atom is 0.248 e. The highest BCUT2D eigenvalue weighted by Crippen LogP contribution is 2.33. The van der Waals surface area contributed by atoms with Crippen LogP contribution in [0.5, 0.6) is 0 Å². The highest BCUT2D eigenvalue weighted by Gasteiger charge is 2.30. The summed E-state index contributed by atoms with van der Waals surface area (Å²) >= 11 is 1.37. The van der Waals surface area contributed by atoms with Crippen LogP contribution in [-0.4, -0.2) is 34.3 Å². The molecule has 2 aromatic carbocycles. The van der Waals surface area contributed by atoms with E-state index in [0.29, 0.717) is 18.1 Å². The molecule has 1 atom stereocenters. The van der Waals surface area contributed by atoms with Crippen LogP contribution in [0.4, 0.5) is 9.52 Å². The average Bonchev–Trinajstić information content (AvgIpc) is 3.04. The molecule has 3 aromatic rings. The lowest BCUT2D eigenvalue weighted by atomic mass is 10.0. The molecular weight excluding hydrogens is 353 g/mol. The smallest absolute Gasteiger partial charge is 0.248 e. The molecule has 1 aliphatic rings. The van der Waals surface area contributed by atoms with Gasteiger partial charge in [-0.15, -0.1) is 0 Å². The van der Waals surface area contributed by atoms with Crippen molar-refractivity contribution in [3.8, 4) is 0 Å². The van der Waals surface area contributed by atoms with Gasteiger partial charge in [0.25, 0.3) is 0 Å². The Morgan fingerprint density at radius 2 is 2.12 bits per heavy atom. The largest absolute Gasteiger partial charge is 0.331 e. The molecule has 1 aliphatic heterocycles. The van der Waals surface area contributed by atoms with E-state index in [1.54, 1.807) is 11.0 Å². The first-order valence-corrected chi connectivity index (χ1v) is 9.41. The Labute approximate surface area is 153 Å². The number of halogens is 1. The van der Waals surface area contributed by atoms with Gasteiger partial charge in [0, 0.05) is 18.9 Å². The second kappa shape index (κ2) is 6.64. The Balaban J connectivity index is 1.63. The van der Waals surface area contributed by atoms with E-state index in [9.17, 15) is 14.0 Å². The Kier molecular flexibility index (Phi) is 4.32. The van der Waals surface area contributed by atoms with Crippen molar-refractivity contribution in [2.75, 3.05) is 11.9 Å². The number of piperidine rings is 1. The van der Waals surface area contributed by atoms with Crippen LogP contribution in [0.25, 0.3) is 21.0 Å². The number of carbonyl (C=O) groups excluding carboxylic acids is 2. The summed E-state index contributed by atoms with van der Waals surface area (Å²) in [5, 5.41) is 5.07. The fraction of sp³-hybridized carbons (Fsp3) is 0.316. The number of aromatic nitrogens is 1. The van der Waals surface area contributed by atoms with Crippen LogP contribution in [-0.2, 0) is 9.59 Å². The van der Waals surface area contributed by atoms with Crippen LogP contribution in [0.2, 0.25) is 0 Å². The van der Waals surface area contributed by atoms with Gasteiger partial charge in [-0.25, -0.2) is 9.37 Å². The first-order valence-electron chi connectivity index (χ1n) is 8.60. The summed E-state index contributed by atoms with van der Waals surface area (Å²) in [6.07, 6.45) is 2.52. The number of fused-ring (bicyclic) bond motifs is 3. The van der Waals surface area contributed by atoms with Crippen molar-refractivity contribution in [1.29, 1.82) is 0 Å². The minimum absolute atomic E-state index is 0.0813. The van der Waals surface area contributed by atoms with E-state index < -0.39 is 6.04 Å². The van der Waals surface area contributed by atoms with Crippen LogP contribution < -0.4 is 5.32 Å². The van der Waals surface area contributed by atoms with E-state index >= 15 is 0 Å². The Bertz CT molecular complexity index is 1020. The predicted molar refractivity (Wildman–Crippen MR) is 101 cm³/mol. The van der Waals surface area contributed by atoms with Gasteiger partial charge >= 0.3 is 0 Å². The zero-order chi connectivity index (χ0) is 18.3. The summed E-state index contributed by atoms with van der Waals surface area (Å²) in [4.78, 5) is 30.6. The summed E-state index contributed by atoms with van der Waals surface area (Å²) in [6.45, 7) is 2.11. The van der Waals surface area contributed by atoms with E-state index in [1.807, 2.05) is 12.1 Å². The van der Waals surface area contributed by atoms with Gasteiger partial charge < -0.3 is 10.2 Å². The first-order chi connectivity index (χ1) is 12.5. The zero-order valence-electron chi connectivity index (χ0n) is 14.3. The third-order valence-electron chi connectivity index (χ3n) is 4.77. The summed E-state index contributed by atoms with van der Waals surface area (Å²) in [7, 11) is 0. The van der Waals surface area contributed by atoms with Crippen molar-refractivity contribution < 1.29 is 14.0 Å². The monoisotopic (exact) mass is 371 g/mol. The number of thiazole rings is 1. The van der Waals surface area contributed by atoms with Gasteiger partial charge in [-0.3, -0.25) is 9.59 Å². The van der Waals surface area contributed by atoms with Crippen molar-refractivity contribution in [2.45, 2.75) is 32.2 Å². The quantitative estimate of drug-likeness (QED) is 0.742. The number of rotatable bonds is 2. The lowest BCUT2D eigenvalue weighted by Crippen LogP contribution is -2.49. The highest BCUT2D eigenvalue weighted by molar-refractivity contribution is 7.23. The molecule has 4 rings (SSSR count). The van der Waals surface area contributed by atoms with Gasteiger partial charge in [0.1, 0.15) is 11.9 Å². The SMILES string of the molecule is CC(=O)N1CCCC[C@H]1C(=O)Nc1nc2ccc3cc(F)ccc3c2s1. The molecule has 0 saturated carbocycles. The molecule has 0 bridgehead atoms. The number of carbonyl (C=O) groups is 2. The summed E-state index contributed by atoms with van der Waals surface area (Å²) in [5.41, 5.74) is 0.761. The van der Waals surface area contributed by atoms with Crippen molar-refractivity contribution in [2.24, 2.45) is 0 Å². The molecule has 7 heteroatoms. The fourth-order valence-corrected chi connectivity index (χ4v) is 4.51. The van der Waals surface area contributed by atoms with Gasteiger partial charge in [0.2, 0.25) is 11.8 Å². The number of benzene rings is 2. The van der Waals surface area contributed by atoms with Crippen molar-refractivity contribution in [3.63, 3.8) is 0 Å². The minimum Gasteiger partial charge on any atom is -0.331 e. The molecule has 26 heavy (non-hydrogen) atoms. The Morgan fingerprint density at radius 1 is 1.27 bits per heavy atom. The molecule has 0 aliphatic carbocycles. The van der Waals surface area contributed by atoms with E-state index in [4.69, 9.17) is 0 Å². The van der Waals surface area contributed by atoms with Crippen molar-refractivity contribution >= 4 is 49.3 Å². The molecule has 134 valence electrons. The Hall–Kier alpha value is -2.54. The maximum atomic E-state index is 13.4. The van der Waals surface area contributed by atoms with Gasteiger partial charge in [-0.1, -0.05) is 17.4 Å². The van der Waals surface area contributed by atoms with Crippen LogP contribution in [0.3, 0.4) is 0 Å². The lowest BCUT2D eigenvalue weighted by molar-refractivity contribution is -0.138. The van der Waals surface area contributed by atoms with Gasteiger partial charge in [-0.2, -0.15) is 0 Å². The van der Waals surface area contributed by atoms with Crippen LogP contribution in [0.1, 0.15) is 26.2 Å². The van der Waals surface area contributed by atoms with E-state index in [-0.39, 0.29) is 17.6 Å². The molecule has 5 nitrogen and oxygen atoms in total. The zero-order valence-corrected chi connectivity index (χ0v) is 15.1. The van der Waals surface area contributed by atoms with Gasteiger partial charge in [-0.05, 0) is 48.9 Å². The predicted octanol–water partition coefficient (Wildman–Crippen LogP) is 3.93. The summed E-state index contributed by atoms with van der Waals surface area (Å²) in [5.74, 6) is -0.562. The number of hydrogen-bond acceptors (Lipinski definition) is 4. The first kappa shape index (κ1) is 16.9. The number of nitrogens with zero attached hydrogens (tertiary/aromatic N) is 2. The lowest BCUT2D eigenvalue weighted by Gasteiger charge is -2.33. The van der Waals surface area contributed by atoms with Gasteiger partial charge in [0.15, 0.2) is 5.13 Å². The molecule has 0 radical (unpaired) electrons. The molecule has 0 unspecified atom stereocenters. The number of hydrogen-bond donors (Lipinski definition) is 1. The van der Waals surface area contributed by atoms with Crippen molar-refractivity contribution in [3.05, 3.63) is 36.1 Å². The standard InChI is InChI=1S/C19H18FN3O2S/c1-11(24)23-9-3-2-4-16(23)18(25)22-19-21-15-8-5-12-10-13(20)6-7-14(12)17(15)26-19/h5-8,10,16H,2-4,9H2,1H3,(H,21,22,25)/t16-/m0/s1. The molecule has 2 amide bonds. The van der Waals surface area contributed by atoms with Crippen molar-refractivity contribution in [1.82, 2.24) is 9.88 Å². The third kappa shape index (κ3) is 3.03. The molecule has 1 aromatic heterocycles. The topological polar surface area (TPSA) is 62.3 Å². The van der Waals surface area contributed by atoms with Crippen LogP contribution in [0.15, 0.2) is 30.3 Å². The second-order valence-electron chi connectivity index (χ2n) is 6.51. The van der Waals surface area contributed by atoms with E-state index in [0.717, 1.165) is 33.8 Å². The molecular formula is C19H18FN3O2S. The molecule has 0 spiro atoms. The van der Waals surface area contributed by atoms with Crippen LogP contribution >= 0.6 is 11.3 Å². The highest BCUT2D eigenvalue weighted by atomic mass is 32.1. The maximum absolute atomic E-state index is 13.4. The summed E-state index contributed by atoms with van der Waals surface area (Å²) in [6, 6.07) is 7.84. The molecule has 2 heterocycles. The number of nitrogens with one attached hydrogen (secondary N) is 1. The second-order valence-corrected chi connectivity index (χ2v) is 7.51. The number of anilines is 1. The van der Waals surface area contributed by atoms with E-state index in [2.05, 4.69) is 10.3 Å². The molecule has 1 fully saturated rings. The molecule has 1 saturated heterocycles. The van der Waals surface area contributed by atoms with E-state index in [1.165, 1.54) is 30.4 Å².